The fraction of sp³-hybridized carbons (Fsp3) is 0.400. The number of benzene rings is 2. The van der Waals surface area contributed by atoms with Crippen molar-refractivity contribution in [3.63, 3.8) is 0 Å². The molecule has 5 atom stereocenters. The molecule has 1 fully saturated rings. The molecule has 2 aromatic rings. The van der Waals surface area contributed by atoms with Crippen molar-refractivity contribution in [1.29, 1.82) is 0 Å². The lowest BCUT2D eigenvalue weighted by Gasteiger charge is -2.40. The highest BCUT2D eigenvalue weighted by Crippen LogP contribution is 2.37. The summed E-state index contributed by atoms with van der Waals surface area (Å²) in [6.07, 6.45) is -6.20. The molecule has 0 saturated carbocycles. The first-order chi connectivity index (χ1) is 13.4. The average molecular weight is 411 g/mol. The van der Waals surface area contributed by atoms with E-state index in [-0.39, 0.29) is 0 Å². The van der Waals surface area contributed by atoms with Gasteiger partial charge in [-0.3, -0.25) is 0 Å². The molecule has 0 radical (unpaired) electrons. The highest BCUT2D eigenvalue weighted by atomic mass is 35.5. The maximum Gasteiger partial charge on any atom is 0.146 e. The second-order valence-corrected chi connectivity index (χ2v) is 6.85. The highest BCUT2D eigenvalue weighted by molar-refractivity contribution is 6.32. The van der Waals surface area contributed by atoms with E-state index in [1.165, 1.54) is 0 Å². The quantitative estimate of drug-likeness (QED) is 0.577. The minimum Gasteiger partial charge on any atom is -0.494 e. The van der Waals surface area contributed by atoms with E-state index in [0.717, 1.165) is 5.75 Å². The van der Waals surface area contributed by atoms with Crippen molar-refractivity contribution in [2.75, 3.05) is 13.2 Å². The van der Waals surface area contributed by atoms with Gasteiger partial charge in [-0.25, -0.2) is 0 Å². The molecule has 1 aliphatic rings. The topological polar surface area (TPSA) is 109 Å². The van der Waals surface area contributed by atoms with Gasteiger partial charge in [-0.05, 0) is 48.9 Å². The van der Waals surface area contributed by atoms with Crippen molar-refractivity contribution in [1.82, 2.24) is 0 Å². The van der Waals surface area contributed by atoms with E-state index in [4.69, 9.17) is 25.8 Å². The van der Waals surface area contributed by atoms with Crippen LogP contribution < -0.4 is 9.47 Å². The molecule has 0 bridgehead atoms. The lowest BCUT2D eigenvalue weighted by atomic mass is 9.91. The smallest absolute Gasteiger partial charge is 0.146 e. The number of aliphatic hydroxyl groups excluding tert-OH is 4. The lowest BCUT2D eigenvalue weighted by molar-refractivity contribution is -0.231. The normalized spacial score (nSPS) is 27.4. The Morgan fingerprint density at radius 1 is 0.964 bits per heavy atom. The highest BCUT2D eigenvalue weighted by Gasteiger charge is 2.44. The van der Waals surface area contributed by atoms with Crippen molar-refractivity contribution in [3.05, 3.63) is 53.1 Å². The zero-order valence-electron chi connectivity index (χ0n) is 15.2. The van der Waals surface area contributed by atoms with Gasteiger partial charge in [-0.1, -0.05) is 17.7 Å². The predicted octanol–water partition coefficient (Wildman–Crippen LogP) is 2.05. The number of hydrogen-bond donors (Lipinski definition) is 4. The van der Waals surface area contributed by atoms with Crippen molar-refractivity contribution in [2.24, 2.45) is 0 Å². The molecule has 0 amide bonds. The van der Waals surface area contributed by atoms with E-state index in [1.807, 2.05) is 6.92 Å². The Balaban J connectivity index is 1.82. The molecule has 1 aliphatic heterocycles. The summed E-state index contributed by atoms with van der Waals surface area (Å²) in [5.74, 6) is 1.59. The molecular formula is C20H23ClO7. The maximum atomic E-state index is 10.3. The second kappa shape index (κ2) is 9.09. The molecule has 2 aromatic carbocycles. The number of ether oxygens (including phenoxy) is 3. The van der Waals surface area contributed by atoms with Crippen molar-refractivity contribution in [3.8, 4) is 17.2 Å². The summed E-state index contributed by atoms with van der Waals surface area (Å²) in [5, 5.41) is 39.9. The molecule has 0 spiro atoms. The van der Waals surface area contributed by atoms with Crippen LogP contribution in [0, 0.1) is 0 Å². The first kappa shape index (κ1) is 20.9. The molecule has 28 heavy (non-hydrogen) atoms. The van der Waals surface area contributed by atoms with Gasteiger partial charge in [0, 0.05) is 0 Å². The van der Waals surface area contributed by atoms with Gasteiger partial charge in [0.2, 0.25) is 0 Å². The molecule has 4 N–H and O–H groups in total. The molecule has 0 aliphatic carbocycles. The first-order valence-corrected chi connectivity index (χ1v) is 9.33. The van der Waals surface area contributed by atoms with E-state index < -0.39 is 37.1 Å². The molecule has 1 saturated heterocycles. The molecule has 152 valence electrons. The van der Waals surface area contributed by atoms with Crippen molar-refractivity contribution in [2.45, 2.75) is 37.4 Å². The Hall–Kier alpha value is -1.87. The van der Waals surface area contributed by atoms with Gasteiger partial charge >= 0.3 is 0 Å². The fourth-order valence-electron chi connectivity index (χ4n) is 3.05. The van der Waals surface area contributed by atoms with E-state index in [9.17, 15) is 20.4 Å². The number of hydrogen-bond acceptors (Lipinski definition) is 7. The minimum atomic E-state index is -1.46. The minimum absolute atomic E-state index is 0.334. The average Bonchev–Trinajstić information content (AvgIpc) is 2.70. The van der Waals surface area contributed by atoms with Crippen LogP contribution in [0.4, 0.5) is 0 Å². The van der Waals surface area contributed by atoms with Crippen LogP contribution in [0.3, 0.4) is 0 Å². The van der Waals surface area contributed by atoms with E-state index in [1.54, 1.807) is 42.5 Å². The summed E-state index contributed by atoms with van der Waals surface area (Å²) >= 11 is 6.23. The zero-order chi connectivity index (χ0) is 20.3. The maximum absolute atomic E-state index is 10.3. The standard InChI is InChI=1S/C20H23ClO7/c1-2-26-12-4-6-13(7-5-12)27-15-9-11(3-8-14(15)21)20-19(25)18(24)17(23)16(10-22)28-20/h3-9,16-20,22-25H,2,10H2,1H3/t16-,17-,18+,19-,20+/m1/s1. The van der Waals surface area contributed by atoms with Crippen LogP contribution in [-0.2, 0) is 4.74 Å². The number of halogens is 1. The summed E-state index contributed by atoms with van der Waals surface area (Å²) < 4.78 is 16.8. The summed E-state index contributed by atoms with van der Waals surface area (Å²) in [6, 6.07) is 11.8. The Kier molecular flexibility index (Phi) is 6.77. The second-order valence-electron chi connectivity index (χ2n) is 6.45. The van der Waals surface area contributed by atoms with Crippen LogP contribution in [0.15, 0.2) is 42.5 Å². The van der Waals surface area contributed by atoms with Crippen molar-refractivity contribution >= 4 is 11.6 Å². The van der Waals surface area contributed by atoms with Crippen LogP contribution in [0.2, 0.25) is 5.02 Å². The zero-order valence-corrected chi connectivity index (χ0v) is 16.0. The van der Waals surface area contributed by atoms with E-state index >= 15 is 0 Å². The van der Waals surface area contributed by atoms with Gasteiger partial charge in [0.1, 0.15) is 47.8 Å². The largest absolute Gasteiger partial charge is 0.494 e. The molecule has 8 heteroatoms. The monoisotopic (exact) mass is 410 g/mol. The summed E-state index contributed by atoms with van der Waals surface area (Å²) in [4.78, 5) is 0. The molecule has 3 rings (SSSR count). The van der Waals surface area contributed by atoms with Gasteiger partial charge in [0.25, 0.3) is 0 Å². The van der Waals surface area contributed by atoms with Crippen LogP contribution in [0.1, 0.15) is 18.6 Å². The predicted molar refractivity (Wildman–Crippen MR) is 102 cm³/mol. The van der Waals surface area contributed by atoms with Crippen LogP contribution in [-0.4, -0.2) is 58.1 Å². The molecule has 0 aromatic heterocycles. The third-order valence-electron chi connectivity index (χ3n) is 4.54. The van der Waals surface area contributed by atoms with Crippen LogP contribution in [0.5, 0.6) is 17.2 Å². The third kappa shape index (κ3) is 4.41. The van der Waals surface area contributed by atoms with Gasteiger partial charge in [0.15, 0.2) is 0 Å². The number of rotatable bonds is 6. The van der Waals surface area contributed by atoms with Gasteiger partial charge in [-0.15, -0.1) is 0 Å². The summed E-state index contributed by atoms with van der Waals surface area (Å²) in [6.45, 7) is 1.96. The van der Waals surface area contributed by atoms with Crippen LogP contribution in [0.25, 0.3) is 0 Å². The van der Waals surface area contributed by atoms with E-state index in [2.05, 4.69) is 0 Å². The molecular weight excluding hydrogens is 388 g/mol. The first-order valence-electron chi connectivity index (χ1n) is 8.95. The van der Waals surface area contributed by atoms with Gasteiger partial charge in [-0.2, -0.15) is 0 Å². The van der Waals surface area contributed by atoms with Gasteiger partial charge < -0.3 is 34.6 Å². The Morgan fingerprint density at radius 3 is 2.29 bits per heavy atom. The van der Waals surface area contributed by atoms with Crippen molar-refractivity contribution < 1.29 is 34.6 Å². The summed E-state index contributed by atoms with van der Waals surface area (Å²) in [7, 11) is 0. The molecule has 7 nitrogen and oxygen atoms in total. The fourth-order valence-corrected chi connectivity index (χ4v) is 3.21. The van der Waals surface area contributed by atoms with Gasteiger partial charge in [0.05, 0.1) is 18.2 Å². The lowest BCUT2D eigenvalue weighted by Crippen LogP contribution is -2.55. The Labute approximate surface area is 167 Å². The Bertz CT molecular complexity index is 781. The molecule has 0 unspecified atom stereocenters. The molecule has 1 heterocycles. The van der Waals surface area contributed by atoms with E-state index in [0.29, 0.717) is 28.7 Å². The SMILES string of the molecule is CCOc1ccc(Oc2cc([C@@H]3O[C@H](CO)[C@@H](O)[C@H](O)[C@H]3O)ccc2Cl)cc1. The third-order valence-corrected chi connectivity index (χ3v) is 4.85. The Morgan fingerprint density at radius 2 is 1.64 bits per heavy atom. The number of aliphatic hydroxyl groups is 4. The van der Waals surface area contributed by atoms with Crippen LogP contribution >= 0.6 is 11.6 Å². The summed E-state index contributed by atoms with van der Waals surface area (Å²) in [5.41, 5.74) is 0.488.